The molecule has 5 rings (SSSR count). The Balaban J connectivity index is 1.49. The number of nitrogens with zero attached hydrogens (tertiary/aromatic N) is 3. The molecule has 0 aliphatic carbocycles. The zero-order valence-electron chi connectivity index (χ0n) is 46.5. The summed E-state index contributed by atoms with van der Waals surface area (Å²) in [6.07, 6.45) is 5.69. The van der Waals surface area contributed by atoms with E-state index in [1.165, 1.54) is 19.4 Å². The maximum absolute atomic E-state index is 15.0. The number of unbranched alkanes of at least 4 members (excludes halogenated alkanes) is 2. The predicted molar refractivity (Wildman–Crippen MR) is 304 cm³/mol. The van der Waals surface area contributed by atoms with Crippen LogP contribution in [0.15, 0.2) is 72.2 Å². The summed E-state index contributed by atoms with van der Waals surface area (Å²) in [4.78, 5) is 140. The molecule has 27 heteroatoms. The number of primary amides is 1. The van der Waals surface area contributed by atoms with Gasteiger partial charge in [-0.1, -0.05) is 62.2 Å². The van der Waals surface area contributed by atoms with E-state index in [0.29, 0.717) is 68.8 Å². The van der Waals surface area contributed by atoms with Gasteiger partial charge in [0.1, 0.15) is 42.3 Å². The average Bonchev–Trinajstić information content (AvgIpc) is 4.19. The number of para-hydroxylation sites is 1. The molecule has 27 nitrogen and oxygen atoms in total. The fraction of sp³-hybridized carbons (Fsp3) is 0.509. The zero-order valence-corrected chi connectivity index (χ0v) is 46.5. The van der Waals surface area contributed by atoms with Crippen LogP contribution in [0.2, 0.25) is 0 Å². The number of aromatic amines is 2. The number of guanidine groups is 1. The van der Waals surface area contributed by atoms with Gasteiger partial charge in [0.15, 0.2) is 5.96 Å². The highest BCUT2D eigenvalue weighted by Crippen LogP contribution is 2.20. The van der Waals surface area contributed by atoms with E-state index in [0.717, 1.165) is 29.6 Å². The third-order valence-corrected chi connectivity index (χ3v) is 13.7. The van der Waals surface area contributed by atoms with Gasteiger partial charge in [0.2, 0.25) is 47.3 Å². The monoisotopic (exact) mass is 1140 g/mol. The second kappa shape index (κ2) is 33.4. The summed E-state index contributed by atoms with van der Waals surface area (Å²) in [5.74, 6) is -8.21. The third kappa shape index (κ3) is 21.6. The normalized spacial score (nSPS) is 15.0. The Morgan fingerprint density at radius 2 is 1.21 bits per heavy atom. The summed E-state index contributed by atoms with van der Waals surface area (Å²) in [6.45, 7) is 6.78. The Bertz CT molecular complexity index is 2780. The minimum absolute atomic E-state index is 0.0340. The molecule has 3 heterocycles. The highest BCUT2D eigenvalue weighted by atomic mass is 16.5. The number of benzene rings is 2. The van der Waals surface area contributed by atoms with Gasteiger partial charge in [-0.25, -0.2) is 4.98 Å². The van der Waals surface area contributed by atoms with E-state index < -0.39 is 102 Å². The molecular formula is C55H80N16O11. The van der Waals surface area contributed by atoms with E-state index in [1.807, 2.05) is 43.3 Å². The smallest absolute Gasteiger partial charge is 0.305 e. The number of morpholine rings is 1. The Hall–Kier alpha value is -8.43. The topological polar surface area (TPSA) is 431 Å². The van der Waals surface area contributed by atoms with E-state index in [4.69, 9.17) is 27.7 Å². The number of fused-ring (bicyclic) bond motifs is 1. The van der Waals surface area contributed by atoms with Gasteiger partial charge in [0.05, 0.1) is 26.0 Å². The van der Waals surface area contributed by atoms with E-state index >= 15 is 0 Å². The lowest BCUT2D eigenvalue weighted by atomic mass is 10.0. The highest BCUT2D eigenvalue weighted by molar-refractivity contribution is 5.98. The van der Waals surface area contributed by atoms with Crippen molar-refractivity contribution in [1.82, 2.24) is 57.1 Å². The van der Waals surface area contributed by atoms with E-state index in [2.05, 4.69) is 62.1 Å². The van der Waals surface area contributed by atoms with Crippen LogP contribution in [0.3, 0.4) is 0 Å². The first-order valence-corrected chi connectivity index (χ1v) is 27.6. The van der Waals surface area contributed by atoms with Crippen LogP contribution in [-0.2, 0) is 73.7 Å². The number of carboxylic acid groups (broad SMARTS) is 1. The molecule has 8 amide bonds. The minimum Gasteiger partial charge on any atom is -0.481 e. The summed E-state index contributed by atoms with van der Waals surface area (Å²) >= 11 is 0. The van der Waals surface area contributed by atoms with E-state index in [1.54, 1.807) is 18.3 Å². The molecule has 1 fully saturated rings. The standard InChI is InChI=1S/C55H80N16O11/c1-3-4-11-41(64-33(2)72)49(76)70-46(28-47(73)74)54(81)69-45(27-37-30-60-32-63-37)53(80)67-43(25-34-15-17-35(18-16-34)31-71-21-23-82-24-22-71)51(78)66-42(14-9-20-61-55(58)59)50(77)68-44(26-36-29-62-39-12-6-5-10-38(36)39)52(79)65-40(48(57)75)13-7-8-19-56/h5-6,10,12,15-18,29-30,32,40-46,62H,3-4,7-9,11,13-14,19-28,31,56H2,1-2H3,(H2,57,75)(H,60,63)(H,64,72)(H,65,79)(H,66,78)(H,67,80)(H,68,77)(H,69,81)(H,70,76)(H,73,74)(H4,58,59,61)/t40-,41-,42-,43+,44-,45-,46-/m0/s1. The van der Waals surface area contributed by atoms with Crippen LogP contribution >= 0.6 is 0 Å². The minimum atomic E-state index is -1.73. The van der Waals surface area contributed by atoms with Crippen LogP contribution < -0.4 is 60.2 Å². The van der Waals surface area contributed by atoms with Gasteiger partial charge in [-0.05, 0) is 67.8 Å². The van der Waals surface area contributed by atoms with Crippen LogP contribution in [0.5, 0.6) is 0 Å². The van der Waals surface area contributed by atoms with Crippen LogP contribution in [0.25, 0.3) is 10.9 Å². The number of imidazole rings is 1. The van der Waals surface area contributed by atoms with Crippen LogP contribution in [-0.4, -0.2) is 166 Å². The van der Waals surface area contributed by atoms with Crippen molar-refractivity contribution in [2.45, 2.75) is 140 Å². The number of aliphatic carboxylic acids is 1. The number of aliphatic imine (C=N–C) groups is 1. The van der Waals surface area contributed by atoms with Crippen molar-refractivity contribution in [2.75, 3.05) is 39.4 Å². The van der Waals surface area contributed by atoms with Crippen LogP contribution in [0.4, 0.5) is 0 Å². The van der Waals surface area contributed by atoms with Gasteiger partial charge in [0, 0.05) is 81.4 Å². The average molecular weight is 1140 g/mol. The molecule has 0 saturated carbocycles. The molecule has 2 aromatic carbocycles. The third-order valence-electron chi connectivity index (χ3n) is 13.7. The van der Waals surface area contributed by atoms with E-state index in [9.17, 15) is 48.3 Å². The highest BCUT2D eigenvalue weighted by Gasteiger charge is 2.35. The summed E-state index contributed by atoms with van der Waals surface area (Å²) in [6, 6.07) is 5.01. The summed E-state index contributed by atoms with van der Waals surface area (Å²) < 4.78 is 5.50. The molecule has 1 saturated heterocycles. The molecule has 0 bridgehead atoms. The molecule has 446 valence electrons. The fourth-order valence-corrected chi connectivity index (χ4v) is 9.29. The number of aromatic nitrogens is 3. The second-order valence-corrected chi connectivity index (χ2v) is 20.2. The van der Waals surface area contributed by atoms with Gasteiger partial charge in [-0.2, -0.15) is 0 Å². The number of hydrogen-bond acceptors (Lipinski definition) is 14. The number of H-pyrrole nitrogens is 2. The maximum atomic E-state index is 15.0. The van der Waals surface area contributed by atoms with Crippen molar-refractivity contribution < 1.29 is 53.0 Å². The molecule has 1 aliphatic heterocycles. The van der Waals surface area contributed by atoms with Crippen molar-refractivity contribution in [3.63, 3.8) is 0 Å². The number of nitrogens with two attached hydrogens (primary N) is 4. The zero-order chi connectivity index (χ0) is 59.6. The molecule has 0 unspecified atom stereocenters. The Labute approximate surface area is 475 Å². The Kier molecular flexibility index (Phi) is 26.2. The molecule has 0 radical (unpaired) electrons. The first kappa shape index (κ1) is 64.4. The largest absolute Gasteiger partial charge is 0.481 e. The SMILES string of the molecule is CCCC[C@H](NC(C)=O)C(=O)N[C@@H](CC(=O)O)C(=O)N[C@@H](Cc1cnc[nH]1)C(=O)N[C@H](Cc1ccc(CN2CCOCC2)cc1)C(=O)N[C@@H](CCCN=C(N)N)C(=O)N[C@@H](Cc1c[nH]c2ccccc12)C(=O)N[C@@H](CCCCN)C(N)=O. The fourth-order valence-electron chi connectivity index (χ4n) is 9.29. The van der Waals surface area contributed by atoms with Crippen LogP contribution in [0, 0.1) is 0 Å². The van der Waals surface area contributed by atoms with Crippen molar-refractivity contribution in [3.8, 4) is 0 Å². The number of ether oxygens (including phenoxy) is 1. The van der Waals surface area contributed by atoms with Gasteiger partial charge >= 0.3 is 5.97 Å². The van der Waals surface area contributed by atoms with Crippen molar-refractivity contribution in [3.05, 3.63) is 89.6 Å². The number of rotatable bonds is 35. The lowest BCUT2D eigenvalue weighted by Gasteiger charge is -2.28. The van der Waals surface area contributed by atoms with Gasteiger partial charge in [-0.3, -0.25) is 53.0 Å². The molecule has 1 aliphatic rings. The van der Waals surface area contributed by atoms with Crippen molar-refractivity contribution >= 4 is 70.1 Å². The summed E-state index contributed by atoms with van der Waals surface area (Å²) in [5.41, 5.74) is 26.0. The number of hydrogen-bond donors (Lipinski definition) is 14. The first-order valence-electron chi connectivity index (χ1n) is 27.6. The van der Waals surface area contributed by atoms with Gasteiger partial charge < -0.3 is 80.0 Å². The Morgan fingerprint density at radius 1 is 0.659 bits per heavy atom. The molecule has 2 aromatic heterocycles. The quantitative estimate of drug-likeness (QED) is 0.0142. The maximum Gasteiger partial charge on any atom is 0.305 e. The molecule has 82 heavy (non-hydrogen) atoms. The van der Waals surface area contributed by atoms with Crippen molar-refractivity contribution in [1.29, 1.82) is 0 Å². The predicted octanol–water partition coefficient (Wildman–Crippen LogP) is -1.50. The molecular weight excluding hydrogens is 1060 g/mol. The first-order chi connectivity index (χ1) is 39.3. The molecule has 18 N–H and O–H groups in total. The van der Waals surface area contributed by atoms with Gasteiger partial charge in [-0.15, -0.1) is 0 Å². The van der Waals surface area contributed by atoms with E-state index in [-0.39, 0.29) is 57.5 Å². The number of carbonyl (C=O) groups excluding carboxylic acids is 8. The van der Waals surface area contributed by atoms with Crippen LogP contribution in [0.1, 0.15) is 94.0 Å². The van der Waals surface area contributed by atoms with Gasteiger partial charge in [0.25, 0.3) is 0 Å². The number of carbonyl (C=O) groups is 9. The molecule has 0 spiro atoms. The molecule has 4 aromatic rings. The number of nitrogens with one attached hydrogen (secondary N) is 9. The lowest BCUT2D eigenvalue weighted by molar-refractivity contribution is -0.141. The second-order valence-electron chi connectivity index (χ2n) is 20.2. The molecule has 7 atom stereocenters. The Morgan fingerprint density at radius 3 is 1.80 bits per heavy atom. The summed E-state index contributed by atoms with van der Waals surface area (Å²) in [7, 11) is 0. The summed E-state index contributed by atoms with van der Waals surface area (Å²) in [5, 5.41) is 29.2. The number of carboxylic acids is 1. The number of amides is 8. The van der Waals surface area contributed by atoms with Crippen molar-refractivity contribution in [2.24, 2.45) is 27.9 Å². The lowest BCUT2D eigenvalue weighted by Crippen LogP contribution is -2.61.